The van der Waals surface area contributed by atoms with Crippen LogP contribution in [0.3, 0.4) is 0 Å². The number of aryl methyl sites for hydroxylation is 2. The number of carbonyl (C=O) groups is 1. The van der Waals surface area contributed by atoms with E-state index in [0.717, 1.165) is 34.6 Å². The summed E-state index contributed by atoms with van der Waals surface area (Å²) in [6.07, 6.45) is 0.427. The van der Waals surface area contributed by atoms with Crippen molar-refractivity contribution in [3.05, 3.63) is 95.6 Å². The Kier molecular flexibility index (Phi) is 6.60. The molecular weight excluding hydrogens is 545 g/mol. The van der Waals surface area contributed by atoms with Crippen LogP contribution in [-0.4, -0.2) is 38.0 Å². The molecule has 0 unspecified atom stereocenters. The van der Waals surface area contributed by atoms with Gasteiger partial charge < -0.3 is 10.3 Å². The Balaban J connectivity index is 1.27. The Morgan fingerprint density at radius 2 is 1.76 bits per heavy atom. The van der Waals surface area contributed by atoms with Crippen LogP contribution in [0.15, 0.2) is 73.2 Å². The smallest absolute Gasteiger partial charge is 0.338 e. The number of H-pyrrole nitrogens is 1. The van der Waals surface area contributed by atoms with Gasteiger partial charge in [0.1, 0.15) is 11.6 Å². The number of alkyl halides is 3. The van der Waals surface area contributed by atoms with Crippen molar-refractivity contribution >= 4 is 29.2 Å². The molecule has 0 spiro atoms. The van der Waals surface area contributed by atoms with E-state index in [9.17, 15) is 18.0 Å². The summed E-state index contributed by atoms with van der Waals surface area (Å²) >= 11 is 0. The molecule has 2 amide bonds. The summed E-state index contributed by atoms with van der Waals surface area (Å²) in [6.45, 7) is 4.05. The molecule has 0 aliphatic carbocycles. The number of nitrogens with one attached hydrogen (secondary N) is 2. The van der Waals surface area contributed by atoms with Gasteiger partial charge in [-0.25, -0.2) is 14.8 Å². The van der Waals surface area contributed by atoms with Crippen LogP contribution < -0.4 is 15.1 Å². The van der Waals surface area contributed by atoms with Gasteiger partial charge in [-0.05, 0) is 49.7 Å². The first kappa shape index (κ1) is 26.9. The minimum absolute atomic E-state index is 0.253. The standard InChI is InChI=1S/C30H25F3N8O/c1-17-7-9-20(26-35-15-24(38-26)19-5-4-6-22(11-19)30(31,32)33)12-25(17)41-16-21-13-36-28(39-27(21)40(3)29(41)42)37-23-10-8-18(2)34-14-23/h4-15H,16H2,1-3H3,(H,35,38)(H,36,37,39). The lowest BCUT2D eigenvalue weighted by molar-refractivity contribution is -0.137. The van der Waals surface area contributed by atoms with Crippen LogP contribution in [0.1, 0.15) is 22.4 Å². The lowest BCUT2D eigenvalue weighted by Gasteiger charge is -2.35. The Morgan fingerprint density at radius 3 is 2.52 bits per heavy atom. The summed E-state index contributed by atoms with van der Waals surface area (Å²) in [4.78, 5) is 37.5. The number of pyridine rings is 1. The van der Waals surface area contributed by atoms with Gasteiger partial charge in [0.2, 0.25) is 5.95 Å². The van der Waals surface area contributed by atoms with Crippen molar-refractivity contribution in [2.45, 2.75) is 26.6 Å². The lowest BCUT2D eigenvalue weighted by atomic mass is 10.1. The van der Waals surface area contributed by atoms with Crippen LogP contribution in [0.2, 0.25) is 0 Å². The van der Waals surface area contributed by atoms with E-state index in [-0.39, 0.29) is 12.6 Å². The Morgan fingerprint density at radius 1 is 0.929 bits per heavy atom. The fourth-order valence-corrected chi connectivity index (χ4v) is 4.75. The number of urea groups is 1. The van der Waals surface area contributed by atoms with Crippen LogP contribution >= 0.6 is 0 Å². The highest BCUT2D eigenvalue weighted by molar-refractivity contribution is 6.05. The average molecular weight is 571 g/mol. The number of benzene rings is 2. The molecule has 0 atom stereocenters. The van der Waals surface area contributed by atoms with Gasteiger partial charge in [-0.1, -0.05) is 24.3 Å². The number of halogens is 3. The predicted octanol–water partition coefficient (Wildman–Crippen LogP) is 6.88. The number of hydrogen-bond donors (Lipinski definition) is 2. The topological polar surface area (TPSA) is 103 Å². The number of imidazole rings is 1. The Labute approximate surface area is 239 Å². The molecule has 4 heterocycles. The quantitative estimate of drug-likeness (QED) is 0.239. The SMILES string of the molecule is Cc1ccc(Nc2ncc3c(n2)N(C)C(=O)N(c2cc(-c4ncc(-c5cccc(C(F)(F)F)c5)[nH]4)ccc2C)C3)cn1. The van der Waals surface area contributed by atoms with Gasteiger partial charge >= 0.3 is 12.2 Å². The summed E-state index contributed by atoms with van der Waals surface area (Å²) in [5.74, 6) is 1.31. The first-order valence-electron chi connectivity index (χ1n) is 13.0. The summed E-state index contributed by atoms with van der Waals surface area (Å²) in [5, 5.41) is 3.12. The summed E-state index contributed by atoms with van der Waals surface area (Å²) < 4.78 is 39.6. The molecule has 9 nitrogen and oxygen atoms in total. The molecule has 6 rings (SSSR count). The van der Waals surface area contributed by atoms with Crippen molar-refractivity contribution in [1.29, 1.82) is 0 Å². The van der Waals surface area contributed by atoms with Gasteiger partial charge in [0, 0.05) is 41.3 Å². The zero-order chi connectivity index (χ0) is 29.6. The van der Waals surface area contributed by atoms with Crippen molar-refractivity contribution in [3.8, 4) is 22.6 Å². The third-order valence-electron chi connectivity index (χ3n) is 7.02. The third kappa shape index (κ3) is 5.14. The van der Waals surface area contributed by atoms with Crippen molar-refractivity contribution in [1.82, 2.24) is 24.9 Å². The number of rotatable bonds is 5. The molecule has 212 valence electrons. The normalized spacial score (nSPS) is 13.3. The van der Waals surface area contributed by atoms with Crippen LogP contribution in [0, 0.1) is 13.8 Å². The number of amides is 2. The van der Waals surface area contributed by atoms with Gasteiger partial charge in [0.15, 0.2) is 0 Å². The fourth-order valence-electron chi connectivity index (χ4n) is 4.75. The second-order valence-electron chi connectivity index (χ2n) is 10.0. The van der Waals surface area contributed by atoms with Crippen molar-refractivity contribution in [3.63, 3.8) is 0 Å². The van der Waals surface area contributed by atoms with E-state index in [1.54, 1.807) is 30.4 Å². The van der Waals surface area contributed by atoms with Crippen LogP contribution in [-0.2, 0) is 12.7 Å². The third-order valence-corrected chi connectivity index (χ3v) is 7.02. The van der Waals surface area contributed by atoms with Crippen molar-refractivity contribution < 1.29 is 18.0 Å². The second-order valence-corrected chi connectivity index (χ2v) is 10.0. The van der Waals surface area contributed by atoms with E-state index in [2.05, 4.69) is 30.2 Å². The summed E-state index contributed by atoms with van der Waals surface area (Å²) in [6, 6.07) is 14.1. The minimum Gasteiger partial charge on any atom is -0.338 e. The van der Waals surface area contributed by atoms with E-state index in [1.807, 2.05) is 44.2 Å². The van der Waals surface area contributed by atoms with Gasteiger partial charge in [0.05, 0.1) is 35.9 Å². The highest BCUT2D eigenvalue weighted by atomic mass is 19.4. The highest BCUT2D eigenvalue weighted by Crippen LogP contribution is 2.35. The van der Waals surface area contributed by atoms with Gasteiger partial charge in [-0.3, -0.25) is 14.8 Å². The first-order chi connectivity index (χ1) is 20.1. The molecule has 3 aromatic heterocycles. The van der Waals surface area contributed by atoms with E-state index < -0.39 is 11.7 Å². The van der Waals surface area contributed by atoms with Gasteiger partial charge in [-0.15, -0.1) is 0 Å². The summed E-state index contributed by atoms with van der Waals surface area (Å²) in [7, 11) is 1.66. The number of carbonyl (C=O) groups excluding carboxylic acids is 1. The maximum absolute atomic E-state index is 13.5. The molecule has 0 saturated carbocycles. The molecule has 42 heavy (non-hydrogen) atoms. The molecule has 0 bridgehead atoms. The average Bonchev–Trinajstić information content (AvgIpc) is 3.47. The molecule has 1 aliphatic rings. The maximum Gasteiger partial charge on any atom is 0.416 e. The van der Waals surface area contributed by atoms with Crippen molar-refractivity contribution in [2.75, 3.05) is 22.2 Å². The monoisotopic (exact) mass is 570 g/mol. The van der Waals surface area contributed by atoms with E-state index in [4.69, 9.17) is 0 Å². The van der Waals surface area contributed by atoms with Crippen molar-refractivity contribution in [2.24, 2.45) is 0 Å². The largest absolute Gasteiger partial charge is 0.416 e. The molecular formula is C30H25F3N8O. The number of fused-ring (bicyclic) bond motifs is 1. The Bertz CT molecular complexity index is 1800. The van der Waals surface area contributed by atoms with E-state index in [1.165, 1.54) is 17.2 Å². The van der Waals surface area contributed by atoms with E-state index in [0.29, 0.717) is 40.1 Å². The number of anilines is 4. The minimum atomic E-state index is -4.45. The summed E-state index contributed by atoms with van der Waals surface area (Å²) in [5.41, 5.74) is 4.67. The van der Waals surface area contributed by atoms with Crippen LogP contribution in [0.4, 0.5) is 41.1 Å². The number of aromatic amines is 1. The number of hydrogen-bond acceptors (Lipinski definition) is 6. The highest BCUT2D eigenvalue weighted by Gasteiger charge is 2.32. The molecule has 0 fully saturated rings. The fraction of sp³-hybridized carbons (Fsp3) is 0.167. The Hall–Kier alpha value is -5.26. The molecule has 0 saturated heterocycles. The molecule has 2 aromatic carbocycles. The zero-order valence-corrected chi connectivity index (χ0v) is 22.9. The molecule has 1 aliphatic heterocycles. The van der Waals surface area contributed by atoms with Crippen LogP contribution in [0.5, 0.6) is 0 Å². The van der Waals surface area contributed by atoms with E-state index >= 15 is 0 Å². The first-order valence-corrected chi connectivity index (χ1v) is 13.0. The number of aromatic nitrogens is 5. The van der Waals surface area contributed by atoms with Gasteiger partial charge in [-0.2, -0.15) is 18.2 Å². The predicted molar refractivity (Wildman–Crippen MR) is 153 cm³/mol. The lowest BCUT2D eigenvalue weighted by Crippen LogP contribution is -2.46. The van der Waals surface area contributed by atoms with Gasteiger partial charge in [0.25, 0.3) is 0 Å². The van der Waals surface area contributed by atoms with Crippen LogP contribution in [0.25, 0.3) is 22.6 Å². The maximum atomic E-state index is 13.5. The number of nitrogens with zero attached hydrogens (tertiary/aromatic N) is 6. The molecule has 0 radical (unpaired) electrons. The molecule has 5 aromatic rings. The molecule has 12 heteroatoms. The zero-order valence-electron chi connectivity index (χ0n) is 22.9. The molecule has 2 N–H and O–H groups in total. The second kappa shape index (κ2) is 10.3.